The third-order valence-corrected chi connectivity index (χ3v) is 3.45. The van der Waals surface area contributed by atoms with Crippen LogP contribution in [0.1, 0.15) is 0 Å². The largest absolute Gasteiger partial charge is 0.368 e. The summed E-state index contributed by atoms with van der Waals surface area (Å²) in [5, 5.41) is 3.89. The third-order valence-electron chi connectivity index (χ3n) is 3.45. The molecule has 0 aliphatic carbocycles. The Morgan fingerprint density at radius 3 is 2.48 bits per heavy atom. The number of benzene rings is 1. The lowest BCUT2D eigenvalue weighted by atomic mass is 10.1. The van der Waals surface area contributed by atoms with Gasteiger partial charge in [-0.1, -0.05) is 23.4 Å². The van der Waals surface area contributed by atoms with Gasteiger partial charge in [0.1, 0.15) is 5.69 Å². The van der Waals surface area contributed by atoms with Crippen LogP contribution in [0.3, 0.4) is 0 Å². The fourth-order valence-electron chi connectivity index (χ4n) is 2.29. The smallest absolute Gasteiger partial charge is 0.248 e. The highest BCUT2D eigenvalue weighted by atomic mass is 16.5. The molecule has 0 bridgehead atoms. The number of likely N-dealkylation sites (N-methyl/N-ethyl adjacent to an activating group) is 1. The second-order valence-electron chi connectivity index (χ2n) is 4.83. The molecule has 2 aromatic rings. The van der Waals surface area contributed by atoms with Gasteiger partial charge in [0.2, 0.25) is 17.7 Å². The quantitative estimate of drug-likeness (QED) is 0.818. The van der Waals surface area contributed by atoms with Crippen LogP contribution < -0.4 is 10.6 Å². The zero-order chi connectivity index (χ0) is 15.0. The lowest BCUT2D eigenvalue weighted by molar-refractivity contribution is -0.143. The maximum Gasteiger partial charge on any atom is 0.248 e. The average molecular weight is 286 g/mol. The zero-order valence-electron chi connectivity index (χ0n) is 11.4. The number of anilines is 2. The van der Waals surface area contributed by atoms with E-state index in [0.717, 1.165) is 16.2 Å². The minimum absolute atomic E-state index is 0.145. The molecule has 0 radical (unpaired) electrons. The third kappa shape index (κ3) is 2.33. The van der Waals surface area contributed by atoms with Crippen molar-refractivity contribution in [3.63, 3.8) is 0 Å². The van der Waals surface area contributed by atoms with E-state index in [0.29, 0.717) is 5.69 Å². The zero-order valence-corrected chi connectivity index (χ0v) is 11.4. The summed E-state index contributed by atoms with van der Waals surface area (Å²) in [4.78, 5) is 26.6. The molecule has 2 heterocycles. The molecule has 1 saturated heterocycles. The second kappa shape index (κ2) is 4.93. The molecule has 1 aliphatic rings. The van der Waals surface area contributed by atoms with Gasteiger partial charge in [-0.3, -0.25) is 14.5 Å². The van der Waals surface area contributed by atoms with E-state index in [1.807, 2.05) is 24.3 Å². The molecular formula is C14H14N4O3. The molecule has 1 aromatic heterocycles. The number of nitrogen functional groups attached to an aromatic ring is 1. The summed E-state index contributed by atoms with van der Waals surface area (Å²) >= 11 is 0. The van der Waals surface area contributed by atoms with Crippen LogP contribution in [0.25, 0.3) is 11.3 Å². The molecule has 0 spiro atoms. The van der Waals surface area contributed by atoms with Crippen LogP contribution in [0.4, 0.5) is 11.6 Å². The average Bonchev–Trinajstić information content (AvgIpc) is 2.91. The number of para-hydroxylation sites is 1. The van der Waals surface area contributed by atoms with Gasteiger partial charge < -0.3 is 15.2 Å². The van der Waals surface area contributed by atoms with Crippen molar-refractivity contribution in [1.29, 1.82) is 0 Å². The Balaban J connectivity index is 2.00. The van der Waals surface area contributed by atoms with Gasteiger partial charge in [0, 0.05) is 24.4 Å². The predicted molar refractivity (Wildman–Crippen MR) is 76.3 cm³/mol. The minimum atomic E-state index is -0.235. The van der Waals surface area contributed by atoms with Crippen molar-refractivity contribution >= 4 is 23.4 Å². The molecule has 1 aromatic carbocycles. The first-order valence-electron chi connectivity index (χ1n) is 6.42. The van der Waals surface area contributed by atoms with Gasteiger partial charge in [0.25, 0.3) is 0 Å². The van der Waals surface area contributed by atoms with Crippen molar-refractivity contribution in [3.8, 4) is 11.3 Å². The van der Waals surface area contributed by atoms with Gasteiger partial charge in [0.05, 0.1) is 13.1 Å². The highest BCUT2D eigenvalue weighted by molar-refractivity contribution is 6.03. The number of aromatic nitrogens is 1. The highest BCUT2D eigenvalue weighted by Crippen LogP contribution is 2.31. The van der Waals surface area contributed by atoms with E-state index >= 15 is 0 Å². The standard InChI is InChI=1S/C14H14N4O3/c1-17-13(19)7-18(8-14(17)20)11-5-3-2-4-9(11)10-6-12(15)21-16-10/h2-6H,7-8,15H2,1H3. The lowest BCUT2D eigenvalue weighted by Crippen LogP contribution is -2.52. The Hall–Kier alpha value is -2.83. The molecule has 7 heteroatoms. The number of imide groups is 1. The van der Waals surface area contributed by atoms with Crippen molar-refractivity contribution in [2.75, 3.05) is 30.8 Å². The Kier molecular flexibility index (Phi) is 3.09. The van der Waals surface area contributed by atoms with Gasteiger partial charge in [-0.25, -0.2) is 0 Å². The summed E-state index contributed by atoms with van der Waals surface area (Å²) < 4.78 is 4.89. The van der Waals surface area contributed by atoms with Crippen molar-refractivity contribution in [2.45, 2.75) is 0 Å². The number of rotatable bonds is 2. The van der Waals surface area contributed by atoms with Crippen molar-refractivity contribution in [2.24, 2.45) is 0 Å². The summed E-state index contributed by atoms with van der Waals surface area (Å²) in [6, 6.07) is 8.99. The molecule has 1 fully saturated rings. The van der Waals surface area contributed by atoms with E-state index < -0.39 is 0 Å². The minimum Gasteiger partial charge on any atom is -0.368 e. The highest BCUT2D eigenvalue weighted by Gasteiger charge is 2.29. The van der Waals surface area contributed by atoms with Crippen LogP contribution in [0.5, 0.6) is 0 Å². The van der Waals surface area contributed by atoms with Gasteiger partial charge in [0.15, 0.2) is 0 Å². The molecule has 0 atom stereocenters. The maximum atomic E-state index is 11.8. The fraction of sp³-hybridized carbons (Fsp3) is 0.214. The Morgan fingerprint density at radius 1 is 1.19 bits per heavy atom. The maximum absolute atomic E-state index is 11.8. The molecule has 0 saturated carbocycles. The first-order valence-corrected chi connectivity index (χ1v) is 6.42. The number of piperazine rings is 1. The van der Waals surface area contributed by atoms with E-state index in [4.69, 9.17) is 10.3 Å². The van der Waals surface area contributed by atoms with Gasteiger partial charge >= 0.3 is 0 Å². The predicted octanol–water partition coefficient (Wildman–Crippen LogP) is 0.729. The summed E-state index contributed by atoms with van der Waals surface area (Å²) in [6.07, 6.45) is 0. The number of nitrogens with zero attached hydrogens (tertiary/aromatic N) is 3. The number of carbonyl (C=O) groups is 2. The molecule has 7 nitrogen and oxygen atoms in total. The Bertz CT molecular complexity index is 692. The summed E-state index contributed by atoms with van der Waals surface area (Å²) in [5.74, 6) is -0.258. The Labute approximate surface area is 120 Å². The van der Waals surface area contributed by atoms with Crippen LogP contribution in [0.15, 0.2) is 34.9 Å². The summed E-state index contributed by atoms with van der Waals surface area (Å²) in [7, 11) is 1.49. The van der Waals surface area contributed by atoms with Gasteiger partial charge in [-0.05, 0) is 6.07 Å². The SMILES string of the molecule is CN1C(=O)CN(c2ccccc2-c2cc(N)on2)CC1=O. The molecule has 0 unspecified atom stereocenters. The molecule has 3 rings (SSSR count). The molecular weight excluding hydrogens is 272 g/mol. The number of carbonyl (C=O) groups excluding carboxylic acids is 2. The van der Waals surface area contributed by atoms with Crippen LogP contribution in [-0.4, -0.2) is 42.0 Å². The Morgan fingerprint density at radius 2 is 1.86 bits per heavy atom. The van der Waals surface area contributed by atoms with E-state index in [1.54, 1.807) is 11.0 Å². The monoisotopic (exact) mass is 286 g/mol. The van der Waals surface area contributed by atoms with Crippen LogP contribution in [0.2, 0.25) is 0 Å². The van der Waals surface area contributed by atoms with E-state index in [2.05, 4.69) is 5.16 Å². The summed E-state index contributed by atoms with van der Waals surface area (Å²) in [6.45, 7) is 0.291. The number of hydrogen-bond acceptors (Lipinski definition) is 6. The van der Waals surface area contributed by atoms with E-state index in [9.17, 15) is 9.59 Å². The number of nitrogens with two attached hydrogens (primary N) is 1. The van der Waals surface area contributed by atoms with Gasteiger partial charge in [-0.15, -0.1) is 0 Å². The molecule has 21 heavy (non-hydrogen) atoms. The normalized spacial score (nSPS) is 15.7. The van der Waals surface area contributed by atoms with Gasteiger partial charge in [-0.2, -0.15) is 0 Å². The van der Waals surface area contributed by atoms with E-state index in [1.165, 1.54) is 7.05 Å². The fourth-order valence-corrected chi connectivity index (χ4v) is 2.29. The second-order valence-corrected chi connectivity index (χ2v) is 4.83. The molecule has 108 valence electrons. The van der Waals surface area contributed by atoms with Crippen LogP contribution >= 0.6 is 0 Å². The number of hydrogen-bond donors (Lipinski definition) is 1. The molecule has 1 aliphatic heterocycles. The number of amides is 2. The lowest BCUT2D eigenvalue weighted by Gasteiger charge is -2.32. The van der Waals surface area contributed by atoms with Crippen LogP contribution in [0, 0.1) is 0 Å². The topological polar surface area (TPSA) is 92.7 Å². The van der Waals surface area contributed by atoms with Crippen LogP contribution in [-0.2, 0) is 9.59 Å². The first kappa shape index (κ1) is 13.2. The van der Waals surface area contributed by atoms with E-state index in [-0.39, 0.29) is 30.8 Å². The molecule has 2 N–H and O–H groups in total. The molecule has 2 amide bonds. The summed E-state index contributed by atoms with van der Waals surface area (Å²) in [5.41, 5.74) is 7.64. The first-order chi connectivity index (χ1) is 10.1. The van der Waals surface area contributed by atoms with Crippen molar-refractivity contribution < 1.29 is 14.1 Å². The van der Waals surface area contributed by atoms with Crippen molar-refractivity contribution in [3.05, 3.63) is 30.3 Å². The van der Waals surface area contributed by atoms with Crippen molar-refractivity contribution in [1.82, 2.24) is 10.1 Å².